The molecule has 3 aromatic carbocycles. The number of esters is 4. The first-order valence-corrected chi connectivity index (χ1v) is 12.2. The maximum atomic E-state index is 13.0. The van der Waals surface area contributed by atoms with Gasteiger partial charge in [0.1, 0.15) is 12.7 Å². The third kappa shape index (κ3) is 7.07. The van der Waals surface area contributed by atoms with Crippen LogP contribution in [0.1, 0.15) is 38.0 Å². The third-order valence-corrected chi connectivity index (χ3v) is 5.89. The van der Waals surface area contributed by atoms with Gasteiger partial charge in [0.05, 0.1) is 22.7 Å². The van der Waals surface area contributed by atoms with Crippen LogP contribution in [0, 0.1) is 0 Å². The quantitative estimate of drug-likeness (QED) is 0.339. The first kappa shape index (κ1) is 27.5. The van der Waals surface area contributed by atoms with Crippen LogP contribution < -0.4 is 5.73 Å². The number of nitrogens with two attached hydrogens (primary N) is 1. The van der Waals surface area contributed by atoms with Crippen LogP contribution in [0.15, 0.2) is 91.0 Å². The van der Waals surface area contributed by atoms with E-state index in [0.29, 0.717) is 5.56 Å². The minimum Gasteiger partial charge on any atom is -0.459 e. The summed E-state index contributed by atoms with van der Waals surface area (Å²) < 4.78 is 27.9. The van der Waals surface area contributed by atoms with E-state index in [9.17, 15) is 19.2 Å². The summed E-state index contributed by atoms with van der Waals surface area (Å²) in [5.74, 6) is -2.90. The summed E-state index contributed by atoms with van der Waals surface area (Å²) in [6.07, 6.45) is -5.35. The highest BCUT2D eigenvalue weighted by molar-refractivity contribution is 5.90. The first-order chi connectivity index (χ1) is 18.8. The van der Waals surface area contributed by atoms with Crippen LogP contribution in [0.5, 0.6) is 0 Å². The Kier molecular flexibility index (Phi) is 9.03. The predicted molar refractivity (Wildman–Crippen MR) is 136 cm³/mol. The molecule has 2 N–H and O–H groups in total. The molecule has 1 heterocycles. The van der Waals surface area contributed by atoms with Crippen molar-refractivity contribution < 1.29 is 42.9 Å². The van der Waals surface area contributed by atoms with Gasteiger partial charge in [-0.1, -0.05) is 54.6 Å². The standard InChI is InChI=1S/C29H27NO9/c1-18(31)36-29-25(39-28(34)21-15-9-4-10-16-21)24(38-27(33)20-13-7-3-8-14-20)23(30)22(37-29)17-35-26(32)19-11-5-2-6-12-19/h2-16,22-25,29H,17,30H2,1H3/t22-,23-,24+,25?,29?/m1/s1. The lowest BCUT2D eigenvalue weighted by Crippen LogP contribution is -2.65. The summed E-state index contributed by atoms with van der Waals surface area (Å²) in [5.41, 5.74) is 7.18. The van der Waals surface area contributed by atoms with Crippen LogP contribution in [0.2, 0.25) is 0 Å². The molecular weight excluding hydrogens is 506 g/mol. The summed E-state index contributed by atoms with van der Waals surface area (Å²) in [6.45, 7) is 0.786. The average Bonchev–Trinajstić information content (AvgIpc) is 2.96. The zero-order valence-electron chi connectivity index (χ0n) is 21.0. The van der Waals surface area contributed by atoms with E-state index in [2.05, 4.69) is 0 Å². The van der Waals surface area contributed by atoms with Gasteiger partial charge in [0.25, 0.3) is 0 Å². The van der Waals surface area contributed by atoms with Gasteiger partial charge in [0.2, 0.25) is 12.4 Å². The number of hydrogen-bond donors (Lipinski definition) is 1. The van der Waals surface area contributed by atoms with Crippen LogP contribution >= 0.6 is 0 Å². The smallest absolute Gasteiger partial charge is 0.338 e. The van der Waals surface area contributed by atoms with E-state index in [0.717, 1.165) is 6.92 Å². The third-order valence-electron chi connectivity index (χ3n) is 5.89. The highest BCUT2D eigenvalue weighted by Crippen LogP contribution is 2.28. The van der Waals surface area contributed by atoms with Gasteiger partial charge in [0.15, 0.2) is 6.10 Å². The molecule has 0 bridgehead atoms. The van der Waals surface area contributed by atoms with Crippen molar-refractivity contribution in [3.8, 4) is 0 Å². The number of hydrogen-bond acceptors (Lipinski definition) is 10. The lowest BCUT2D eigenvalue weighted by molar-refractivity contribution is -0.266. The molecule has 1 aliphatic rings. The number of benzene rings is 3. The van der Waals surface area contributed by atoms with Gasteiger partial charge in [0, 0.05) is 6.92 Å². The second-order valence-corrected chi connectivity index (χ2v) is 8.67. The van der Waals surface area contributed by atoms with Crippen molar-refractivity contribution in [1.29, 1.82) is 0 Å². The minimum absolute atomic E-state index is 0.208. The topological polar surface area (TPSA) is 140 Å². The van der Waals surface area contributed by atoms with E-state index < -0.39 is 54.5 Å². The van der Waals surface area contributed by atoms with E-state index in [4.69, 9.17) is 29.4 Å². The average molecular weight is 534 g/mol. The van der Waals surface area contributed by atoms with E-state index in [1.54, 1.807) is 78.9 Å². The molecule has 10 nitrogen and oxygen atoms in total. The normalized spacial score (nSPS) is 22.3. The highest BCUT2D eigenvalue weighted by Gasteiger charge is 2.51. The predicted octanol–water partition coefficient (Wildman–Crippen LogP) is 2.91. The second kappa shape index (κ2) is 12.8. The molecule has 1 aliphatic heterocycles. The van der Waals surface area contributed by atoms with Gasteiger partial charge < -0.3 is 29.4 Å². The Bertz CT molecular complexity index is 1280. The molecule has 202 valence electrons. The fraction of sp³-hybridized carbons (Fsp3) is 0.241. The molecule has 1 saturated heterocycles. The molecule has 4 rings (SSSR count). The molecular formula is C29H27NO9. The summed E-state index contributed by atoms with van der Waals surface area (Å²) in [5, 5.41) is 0. The number of carbonyl (C=O) groups excluding carboxylic acids is 4. The summed E-state index contributed by atoms with van der Waals surface area (Å²) >= 11 is 0. The Morgan fingerprint density at radius 2 is 1.10 bits per heavy atom. The number of ether oxygens (including phenoxy) is 5. The maximum absolute atomic E-state index is 13.0. The molecule has 10 heteroatoms. The molecule has 1 fully saturated rings. The van der Waals surface area contributed by atoms with Crippen molar-refractivity contribution in [2.75, 3.05) is 6.61 Å². The molecule has 0 radical (unpaired) electrons. The van der Waals surface area contributed by atoms with Gasteiger partial charge in [-0.3, -0.25) is 4.79 Å². The van der Waals surface area contributed by atoms with Crippen LogP contribution in [0.3, 0.4) is 0 Å². The largest absolute Gasteiger partial charge is 0.459 e. The van der Waals surface area contributed by atoms with E-state index in [1.807, 2.05) is 0 Å². The van der Waals surface area contributed by atoms with Crippen LogP contribution in [0.25, 0.3) is 0 Å². The zero-order chi connectivity index (χ0) is 27.8. The van der Waals surface area contributed by atoms with Crippen molar-refractivity contribution in [2.24, 2.45) is 5.73 Å². The summed E-state index contributed by atoms with van der Waals surface area (Å²) in [6, 6.07) is 23.3. The van der Waals surface area contributed by atoms with Crippen molar-refractivity contribution >= 4 is 23.9 Å². The van der Waals surface area contributed by atoms with Crippen molar-refractivity contribution in [3.05, 3.63) is 108 Å². The van der Waals surface area contributed by atoms with Gasteiger partial charge in [-0.15, -0.1) is 0 Å². The fourth-order valence-corrected chi connectivity index (χ4v) is 3.95. The minimum atomic E-state index is -1.51. The van der Waals surface area contributed by atoms with Crippen molar-refractivity contribution in [1.82, 2.24) is 0 Å². The Labute approximate surface area is 224 Å². The van der Waals surface area contributed by atoms with Gasteiger partial charge in [-0.05, 0) is 36.4 Å². The van der Waals surface area contributed by atoms with Gasteiger partial charge in [-0.2, -0.15) is 0 Å². The van der Waals surface area contributed by atoms with Crippen molar-refractivity contribution in [3.63, 3.8) is 0 Å². The molecule has 0 aromatic heterocycles. The Balaban J connectivity index is 1.60. The van der Waals surface area contributed by atoms with Crippen molar-refractivity contribution in [2.45, 2.75) is 37.6 Å². The molecule has 0 saturated carbocycles. The molecule has 0 spiro atoms. The Morgan fingerprint density at radius 3 is 1.56 bits per heavy atom. The Hall–Kier alpha value is -4.54. The highest BCUT2D eigenvalue weighted by atomic mass is 16.7. The lowest BCUT2D eigenvalue weighted by atomic mass is 9.96. The van der Waals surface area contributed by atoms with Crippen LogP contribution in [-0.2, 0) is 28.5 Å². The van der Waals surface area contributed by atoms with Gasteiger partial charge >= 0.3 is 23.9 Å². The maximum Gasteiger partial charge on any atom is 0.338 e. The Morgan fingerprint density at radius 1 is 0.667 bits per heavy atom. The molecule has 2 unspecified atom stereocenters. The first-order valence-electron chi connectivity index (χ1n) is 12.2. The second-order valence-electron chi connectivity index (χ2n) is 8.67. The monoisotopic (exact) mass is 533 g/mol. The number of rotatable bonds is 8. The van der Waals surface area contributed by atoms with E-state index in [1.165, 1.54) is 12.1 Å². The van der Waals surface area contributed by atoms with Crippen LogP contribution in [-0.4, -0.2) is 61.1 Å². The zero-order valence-corrected chi connectivity index (χ0v) is 21.0. The number of carbonyl (C=O) groups is 4. The fourth-order valence-electron chi connectivity index (χ4n) is 3.95. The molecule has 39 heavy (non-hydrogen) atoms. The van der Waals surface area contributed by atoms with Crippen LogP contribution in [0.4, 0.5) is 0 Å². The summed E-state index contributed by atoms with van der Waals surface area (Å²) in [4.78, 5) is 50.4. The molecule has 0 aliphatic carbocycles. The van der Waals surface area contributed by atoms with E-state index >= 15 is 0 Å². The summed E-state index contributed by atoms with van der Waals surface area (Å²) in [7, 11) is 0. The van der Waals surface area contributed by atoms with Gasteiger partial charge in [-0.25, -0.2) is 14.4 Å². The molecule has 5 atom stereocenters. The van der Waals surface area contributed by atoms with E-state index in [-0.39, 0.29) is 17.7 Å². The lowest BCUT2D eigenvalue weighted by Gasteiger charge is -2.43. The molecule has 3 aromatic rings. The SMILES string of the molecule is CC(=O)OC1O[C@H](COC(=O)c2ccccc2)[C@@H](N)[C@H](OC(=O)c2ccccc2)C1OC(=O)c1ccccc1. The molecule has 0 amide bonds.